The number of aliphatic hydroxyl groups excluding tert-OH is 15. The number of allylic oxidation sites excluding steroid dienone is 1. The Morgan fingerprint density at radius 1 is 0.529 bits per heavy atom. The summed E-state index contributed by atoms with van der Waals surface area (Å²) in [6, 6.07) is 0. The second-order valence-electron chi connectivity index (χ2n) is 28.1. The molecule has 34 atom stereocenters. The second-order valence-corrected chi connectivity index (χ2v) is 28.1. The van der Waals surface area contributed by atoms with Crippen molar-refractivity contribution >= 4 is 5.97 Å². The van der Waals surface area contributed by atoms with Gasteiger partial charge in [0, 0.05) is 0 Å². The van der Waals surface area contributed by atoms with Crippen molar-refractivity contribution in [1.82, 2.24) is 0 Å². The molecule has 5 heterocycles. The Labute approximate surface area is 494 Å². The Balaban J connectivity index is 0.812. The molecule has 10 fully saturated rings. The lowest BCUT2D eigenvalue weighted by Crippen LogP contribution is -2.68. The molecule has 5 saturated heterocycles. The molecule has 488 valence electrons. The van der Waals surface area contributed by atoms with E-state index in [1.54, 1.807) is 0 Å². The zero-order valence-electron chi connectivity index (χ0n) is 49.6. The lowest BCUT2D eigenvalue weighted by atomic mass is 9.32. The molecule has 0 aromatic carbocycles. The van der Waals surface area contributed by atoms with Crippen LogP contribution in [0.25, 0.3) is 0 Å². The fourth-order valence-corrected chi connectivity index (χ4v) is 18.4. The quantitative estimate of drug-likeness (QED) is 0.0478. The van der Waals surface area contributed by atoms with Crippen molar-refractivity contribution in [2.75, 3.05) is 26.4 Å². The van der Waals surface area contributed by atoms with E-state index in [1.165, 1.54) is 6.92 Å². The molecule has 0 bridgehead atoms. The van der Waals surface area contributed by atoms with Gasteiger partial charge in [-0.3, -0.25) is 4.79 Å². The largest absolute Gasteiger partial charge is 0.432 e. The van der Waals surface area contributed by atoms with Crippen LogP contribution in [-0.4, -0.2) is 263 Å². The summed E-state index contributed by atoms with van der Waals surface area (Å²) in [5.74, 6) is -0.362. The SMILES string of the molecule is C=C(C)[C@@H]1CC[C@]2(C(=O)O[C@@H]3O[C@H](CO[C@@H]4O[C@H](CO)[C@@H](O[C@@H]5O[C@@H](C)[C@H](O)[C@@H](O)[C@H]5O)[C@H](O)[C@H]4O)[C@@H](O)[C@H](O)[C@H]3O)CC[C@]3(C)[C@H](CC[C@@H]4[C@@]5(C)CC[C@H](O[C@@H]6OC[C@H](O)[C@H](O)[C@H]6O[C@@H]6O[C@H](CO)[C@H](O)[C@H](O)[C@H]6O)C(C)(C)[C@@H]5CC[C@]43C)[C@@H]12. The number of hydrogen-bond donors (Lipinski definition) is 15. The number of carbonyl (C=O) groups excluding carboxylic acids is 1. The van der Waals surface area contributed by atoms with Gasteiger partial charge in [-0.1, -0.05) is 46.8 Å². The van der Waals surface area contributed by atoms with Gasteiger partial charge in [0.2, 0.25) is 6.29 Å². The molecule has 0 amide bonds. The Bertz CT molecular complexity index is 2330. The summed E-state index contributed by atoms with van der Waals surface area (Å²) in [4.78, 5) is 15.2. The van der Waals surface area contributed by atoms with Gasteiger partial charge in [-0.25, -0.2) is 0 Å². The molecule has 0 unspecified atom stereocenters. The third-order valence-corrected chi connectivity index (χ3v) is 23.5. The number of aliphatic hydroxyl groups is 15. The summed E-state index contributed by atoms with van der Waals surface area (Å²) in [5.41, 5.74) is -1.14. The van der Waals surface area contributed by atoms with Gasteiger partial charge in [-0.15, -0.1) is 0 Å². The average Bonchev–Trinajstić information content (AvgIpc) is 1.60. The van der Waals surface area contributed by atoms with Crippen LogP contribution < -0.4 is 0 Å². The molecule has 5 aliphatic heterocycles. The second kappa shape index (κ2) is 24.7. The summed E-state index contributed by atoms with van der Waals surface area (Å²) in [5, 5.41) is 161. The Hall–Kier alpha value is -1.75. The van der Waals surface area contributed by atoms with E-state index in [1.807, 2.05) is 6.92 Å². The van der Waals surface area contributed by atoms with Gasteiger partial charge in [0.1, 0.15) is 110 Å². The third kappa shape index (κ3) is 11.0. The van der Waals surface area contributed by atoms with Gasteiger partial charge in [0.15, 0.2) is 25.2 Å². The average molecular weight is 1220 g/mol. The van der Waals surface area contributed by atoms with E-state index in [9.17, 15) is 76.6 Å². The summed E-state index contributed by atoms with van der Waals surface area (Å²) in [6.45, 7) is 17.1. The van der Waals surface area contributed by atoms with Crippen LogP contribution >= 0.6 is 0 Å². The maximum absolute atomic E-state index is 15.2. The molecule has 10 aliphatic rings. The van der Waals surface area contributed by atoms with Crippen LogP contribution in [0.4, 0.5) is 0 Å². The smallest absolute Gasteiger partial charge is 0.314 e. The number of fused-ring (bicyclic) bond motifs is 7. The van der Waals surface area contributed by atoms with Crippen molar-refractivity contribution in [2.45, 2.75) is 266 Å². The molecule has 26 nitrogen and oxygen atoms in total. The highest BCUT2D eigenvalue weighted by Gasteiger charge is 2.73. The number of hydrogen-bond acceptors (Lipinski definition) is 26. The van der Waals surface area contributed by atoms with Crippen molar-refractivity contribution in [3.63, 3.8) is 0 Å². The van der Waals surface area contributed by atoms with E-state index in [-0.39, 0.29) is 52.4 Å². The number of ether oxygens (including phenoxy) is 10. The van der Waals surface area contributed by atoms with Crippen molar-refractivity contribution in [3.05, 3.63) is 12.2 Å². The topological polar surface area (TPSA) is 413 Å². The monoisotopic (exact) mass is 1220 g/mol. The van der Waals surface area contributed by atoms with Gasteiger partial charge in [0.25, 0.3) is 0 Å². The van der Waals surface area contributed by atoms with E-state index in [0.29, 0.717) is 32.1 Å². The minimum absolute atomic E-state index is 0.0370. The minimum atomic E-state index is -1.89. The predicted octanol–water partition coefficient (Wildman–Crippen LogP) is -2.69. The maximum atomic E-state index is 15.2. The molecule has 15 N–H and O–H groups in total. The summed E-state index contributed by atoms with van der Waals surface area (Å²) in [7, 11) is 0. The first-order valence-corrected chi connectivity index (χ1v) is 30.7. The van der Waals surface area contributed by atoms with E-state index >= 15 is 4.79 Å². The van der Waals surface area contributed by atoms with Crippen LogP contribution in [0.1, 0.15) is 113 Å². The zero-order chi connectivity index (χ0) is 61.9. The zero-order valence-corrected chi connectivity index (χ0v) is 49.6. The van der Waals surface area contributed by atoms with Crippen molar-refractivity contribution in [1.29, 1.82) is 0 Å². The summed E-state index contributed by atoms with van der Waals surface area (Å²) < 4.78 is 59.4. The standard InChI is InChI=1S/C59H96O26/c1-23(2)25-11-16-59(54(75)85-52-45(73)41(69)38(66)30(81-52)22-77-49-46(74)42(70)47(29(20-61)80-49)83-50-43(71)39(67)35(63)24(3)78-50)18-17-57(7)26(34(25)59)9-10-32-56(6)14-13-33(55(4,5)31(56)12-15-58(32,57)8)82-53-48(36(64)27(62)21-76-53)84-51-44(72)40(68)37(65)28(19-60)79-51/h24-53,60-74H,1,9-22H2,2-8H3/t24-,25-,26+,27-,28+,29+,30+,31-,32+,33-,34+,35-,36-,37-,38+,39+,40-,41-,42+,43+,44+,45+,46+,47+,48+,49+,50-,51-,52-,53-,56-,57+,58+,59-/m0/s1. The molecule has 26 heteroatoms. The molecule has 10 rings (SSSR count). The van der Waals surface area contributed by atoms with Crippen LogP contribution in [0.3, 0.4) is 0 Å². The van der Waals surface area contributed by atoms with Gasteiger partial charge in [0.05, 0.1) is 44.1 Å². The normalized spacial score (nSPS) is 55.1. The number of rotatable bonds is 14. The van der Waals surface area contributed by atoms with Crippen LogP contribution in [0.15, 0.2) is 12.2 Å². The van der Waals surface area contributed by atoms with Crippen molar-refractivity contribution < 1.29 is 129 Å². The molecule has 5 saturated carbocycles. The van der Waals surface area contributed by atoms with Gasteiger partial charge >= 0.3 is 5.97 Å². The first-order valence-electron chi connectivity index (χ1n) is 30.7. The highest BCUT2D eigenvalue weighted by Crippen LogP contribution is 2.78. The molecular formula is C59H96O26. The maximum Gasteiger partial charge on any atom is 0.314 e. The first-order chi connectivity index (χ1) is 39.9. The van der Waals surface area contributed by atoms with E-state index in [2.05, 4.69) is 41.2 Å². The lowest BCUT2D eigenvalue weighted by Gasteiger charge is -2.73. The van der Waals surface area contributed by atoms with E-state index < -0.39 is 190 Å². The van der Waals surface area contributed by atoms with Crippen LogP contribution in [0, 0.1) is 56.7 Å². The van der Waals surface area contributed by atoms with Crippen molar-refractivity contribution in [3.8, 4) is 0 Å². The van der Waals surface area contributed by atoms with E-state index in [4.69, 9.17) is 47.4 Å². The Kier molecular flexibility index (Phi) is 19.2. The third-order valence-electron chi connectivity index (χ3n) is 23.5. The molecule has 85 heavy (non-hydrogen) atoms. The summed E-state index contributed by atoms with van der Waals surface area (Å²) >= 11 is 0. The van der Waals surface area contributed by atoms with Crippen LogP contribution in [-0.2, 0) is 52.2 Å². The van der Waals surface area contributed by atoms with E-state index in [0.717, 1.165) is 37.7 Å². The number of esters is 1. The molecule has 0 aromatic rings. The van der Waals surface area contributed by atoms with Gasteiger partial charge in [-0.05, 0) is 129 Å². The Morgan fingerprint density at radius 3 is 1.78 bits per heavy atom. The van der Waals surface area contributed by atoms with Crippen molar-refractivity contribution in [2.24, 2.45) is 56.7 Å². The van der Waals surface area contributed by atoms with Gasteiger partial charge < -0.3 is 124 Å². The fraction of sp³-hybridized carbons (Fsp3) is 0.949. The molecule has 0 radical (unpaired) electrons. The minimum Gasteiger partial charge on any atom is -0.432 e. The lowest BCUT2D eigenvalue weighted by molar-refractivity contribution is -0.367. The van der Waals surface area contributed by atoms with Gasteiger partial charge in [-0.2, -0.15) is 0 Å². The predicted molar refractivity (Wildman–Crippen MR) is 288 cm³/mol. The molecule has 0 spiro atoms. The first kappa shape index (κ1) is 66.2. The van der Waals surface area contributed by atoms with Crippen LogP contribution in [0.5, 0.6) is 0 Å². The Morgan fingerprint density at radius 2 is 1.12 bits per heavy atom. The molecule has 5 aliphatic carbocycles. The molecule has 0 aromatic heterocycles. The van der Waals surface area contributed by atoms with Crippen LogP contribution in [0.2, 0.25) is 0 Å². The molecular weight excluding hydrogens is 1120 g/mol. The highest BCUT2D eigenvalue weighted by atomic mass is 16.8. The highest BCUT2D eigenvalue weighted by molar-refractivity contribution is 5.78. The summed E-state index contributed by atoms with van der Waals surface area (Å²) in [6.07, 6.45) is -31.5. The fourth-order valence-electron chi connectivity index (χ4n) is 18.4. The number of carbonyl (C=O) groups is 1.